The zero-order chi connectivity index (χ0) is 21.8. The van der Waals surface area contributed by atoms with Crippen LogP contribution in [0.2, 0.25) is 0 Å². The smallest absolute Gasteiger partial charge is 0.394 e. The molecule has 0 saturated heterocycles. The zero-order valence-electron chi connectivity index (χ0n) is 14.7. The first kappa shape index (κ1) is 25.2. The van der Waals surface area contributed by atoms with Crippen molar-refractivity contribution >= 4 is 27.0 Å². The first-order chi connectivity index (χ1) is 12.7. The molecule has 16 heteroatoms. The van der Waals surface area contributed by atoms with Gasteiger partial charge in [0.25, 0.3) is 5.56 Å². The summed E-state index contributed by atoms with van der Waals surface area (Å²) in [6.45, 7) is -1.07. The summed E-state index contributed by atoms with van der Waals surface area (Å²) in [6, 6.07) is 0.957. The Labute approximate surface area is 163 Å². The van der Waals surface area contributed by atoms with Crippen molar-refractivity contribution < 1.29 is 42.0 Å². The van der Waals surface area contributed by atoms with E-state index in [0.29, 0.717) is 6.66 Å². The van der Waals surface area contributed by atoms with Gasteiger partial charge < -0.3 is 19.6 Å². The molecule has 0 aliphatic carbocycles. The molecule has 0 amide bonds. The van der Waals surface area contributed by atoms with E-state index in [-0.39, 0.29) is 0 Å². The predicted octanol–water partition coefficient (Wildman–Crippen LogP) is 0.328. The van der Waals surface area contributed by atoms with E-state index in [1.807, 2.05) is 4.98 Å². The van der Waals surface area contributed by atoms with Crippen LogP contribution in [0.5, 0.6) is 0 Å². The molecule has 4 N–H and O–H groups in total. The number of aromatic amines is 1. The molecule has 1 aromatic rings. The van der Waals surface area contributed by atoms with Gasteiger partial charge >= 0.3 is 21.1 Å². The van der Waals surface area contributed by atoms with Gasteiger partial charge in [-0.1, -0.05) is 0 Å². The summed E-state index contributed by atoms with van der Waals surface area (Å²) in [5.41, 5.74) is -1.70. The summed E-state index contributed by atoms with van der Waals surface area (Å²) in [7, 11) is -9.40. The number of ether oxygens (including phenoxy) is 1. The van der Waals surface area contributed by atoms with E-state index in [1.54, 1.807) is 0 Å². The maximum atomic E-state index is 13.3. The summed E-state index contributed by atoms with van der Waals surface area (Å²) in [5, 5.41) is 9.46. The largest absolute Gasteiger partial charge is 0.479 e. The Morgan fingerprint density at radius 3 is 2.46 bits per heavy atom. The van der Waals surface area contributed by atoms with E-state index in [4.69, 9.17) is 21.2 Å². The molecule has 5 unspecified atom stereocenters. The molecule has 0 radical (unpaired) electrons. The van der Waals surface area contributed by atoms with Crippen LogP contribution in [-0.2, 0) is 22.7 Å². The number of hydrogen-bond acceptors (Lipinski definition) is 8. The van der Waals surface area contributed by atoms with Crippen LogP contribution in [0.25, 0.3) is 0 Å². The third-order valence-corrected chi connectivity index (χ3v) is 5.92. The SMILES string of the molecule is CC(Cl)(CO)C(OC(CF)COP(=O)(O)OP(C)(=O)O)n1ccc(=O)[nH]c1=O. The molecule has 1 heterocycles. The Morgan fingerprint density at radius 2 is 2.00 bits per heavy atom. The van der Waals surface area contributed by atoms with Crippen molar-refractivity contribution in [2.24, 2.45) is 0 Å². The van der Waals surface area contributed by atoms with Crippen LogP contribution in [-0.4, -0.2) is 62.0 Å². The first-order valence-corrected chi connectivity index (χ1v) is 11.4. The number of alkyl halides is 2. The molecular formula is C12H20ClFN2O10P2. The van der Waals surface area contributed by atoms with Crippen LogP contribution in [0.4, 0.5) is 4.39 Å². The van der Waals surface area contributed by atoms with Gasteiger partial charge in [0.05, 0.1) is 13.2 Å². The monoisotopic (exact) mass is 468 g/mol. The van der Waals surface area contributed by atoms with Crippen molar-refractivity contribution in [1.29, 1.82) is 0 Å². The van der Waals surface area contributed by atoms with Gasteiger partial charge in [-0.3, -0.25) is 23.4 Å². The molecule has 162 valence electrons. The highest BCUT2D eigenvalue weighted by molar-refractivity contribution is 7.63. The highest BCUT2D eigenvalue weighted by Gasteiger charge is 2.38. The van der Waals surface area contributed by atoms with Crippen LogP contribution in [0.15, 0.2) is 21.9 Å². The number of aliphatic hydroxyl groups excluding tert-OH is 1. The van der Waals surface area contributed by atoms with E-state index >= 15 is 0 Å². The summed E-state index contributed by atoms with van der Waals surface area (Å²) < 4.78 is 50.5. The fraction of sp³-hybridized carbons (Fsp3) is 0.667. The number of nitrogens with one attached hydrogen (secondary N) is 1. The Kier molecular flexibility index (Phi) is 8.76. The topological polar surface area (TPSA) is 177 Å². The zero-order valence-corrected chi connectivity index (χ0v) is 17.3. The number of nitrogens with zero attached hydrogens (tertiary/aromatic N) is 1. The average molecular weight is 469 g/mol. The second-order valence-electron chi connectivity index (χ2n) is 5.87. The van der Waals surface area contributed by atoms with Crippen molar-refractivity contribution in [3.63, 3.8) is 0 Å². The molecule has 0 aromatic carbocycles. The summed E-state index contributed by atoms with van der Waals surface area (Å²) in [5.74, 6) is 0. The lowest BCUT2D eigenvalue weighted by atomic mass is 10.1. The van der Waals surface area contributed by atoms with Gasteiger partial charge in [0.1, 0.15) is 17.7 Å². The molecule has 0 spiro atoms. The van der Waals surface area contributed by atoms with Crippen LogP contribution in [0.1, 0.15) is 13.2 Å². The maximum absolute atomic E-state index is 13.3. The second kappa shape index (κ2) is 9.75. The number of H-pyrrole nitrogens is 1. The summed E-state index contributed by atoms with van der Waals surface area (Å²) in [4.78, 5) is 41.8. The molecule has 0 fully saturated rings. The molecule has 0 aliphatic rings. The van der Waals surface area contributed by atoms with E-state index in [1.165, 1.54) is 6.92 Å². The highest BCUT2D eigenvalue weighted by atomic mass is 35.5. The molecular weight excluding hydrogens is 449 g/mol. The Morgan fingerprint density at radius 1 is 1.39 bits per heavy atom. The highest BCUT2D eigenvalue weighted by Crippen LogP contribution is 2.57. The minimum Gasteiger partial charge on any atom is -0.394 e. The molecule has 5 atom stereocenters. The third kappa shape index (κ3) is 7.86. The molecule has 12 nitrogen and oxygen atoms in total. The first-order valence-electron chi connectivity index (χ1n) is 7.52. The van der Waals surface area contributed by atoms with Crippen LogP contribution in [0.3, 0.4) is 0 Å². The number of rotatable bonds is 11. The van der Waals surface area contributed by atoms with Gasteiger partial charge in [0.15, 0.2) is 6.23 Å². The molecule has 1 aromatic heterocycles. The van der Waals surface area contributed by atoms with Gasteiger partial charge in [-0.15, -0.1) is 11.6 Å². The summed E-state index contributed by atoms with van der Waals surface area (Å²) in [6.07, 6.45) is -2.15. The van der Waals surface area contributed by atoms with Crippen molar-refractivity contribution in [2.45, 2.75) is 24.1 Å². The normalized spacial score (nSPS) is 20.5. The number of aromatic nitrogens is 2. The average Bonchev–Trinajstić information content (AvgIpc) is 2.53. The van der Waals surface area contributed by atoms with E-state index in [9.17, 15) is 33.1 Å². The molecule has 1 rings (SSSR count). The van der Waals surface area contributed by atoms with Crippen molar-refractivity contribution in [1.82, 2.24) is 9.55 Å². The lowest BCUT2D eigenvalue weighted by molar-refractivity contribution is -0.106. The van der Waals surface area contributed by atoms with Gasteiger partial charge in [-0.25, -0.2) is 18.1 Å². The number of aliphatic hydroxyl groups is 1. The van der Waals surface area contributed by atoms with Crippen molar-refractivity contribution in [3.05, 3.63) is 33.1 Å². The number of hydrogen-bond donors (Lipinski definition) is 4. The minimum absolute atomic E-state index is 0.640. The lowest BCUT2D eigenvalue weighted by Gasteiger charge is -2.33. The molecule has 0 saturated carbocycles. The van der Waals surface area contributed by atoms with Gasteiger partial charge in [-0.2, -0.15) is 0 Å². The lowest BCUT2D eigenvalue weighted by Crippen LogP contribution is -2.45. The fourth-order valence-electron chi connectivity index (χ4n) is 1.88. The van der Waals surface area contributed by atoms with Gasteiger partial charge in [0.2, 0.25) is 0 Å². The third-order valence-electron chi connectivity index (χ3n) is 3.10. The minimum atomic E-state index is -5.02. The van der Waals surface area contributed by atoms with E-state index in [2.05, 4.69) is 8.83 Å². The Bertz CT molecular complexity index is 868. The predicted molar refractivity (Wildman–Crippen MR) is 95.2 cm³/mol. The Hall–Kier alpha value is -0.880. The van der Waals surface area contributed by atoms with Gasteiger partial charge in [-0.05, 0) is 6.92 Å². The summed E-state index contributed by atoms with van der Waals surface area (Å²) >= 11 is 6.12. The van der Waals surface area contributed by atoms with E-state index in [0.717, 1.165) is 16.8 Å². The van der Waals surface area contributed by atoms with E-state index < -0.39 is 63.8 Å². The van der Waals surface area contributed by atoms with Gasteiger partial charge in [0, 0.05) is 18.9 Å². The number of phosphoric ester groups is 1. The molecule has 0 aliphatic heterocycles. The van der Waals surface area contributed by atoms with Crippen LogP contribution >= 0.6 is 27.0 Å². The number of phosphoric acid groups is 1. The second-order valence-corrected chi connectivity index (χ2v) is 10.2. The standard InChI is InChI=1S/C12H20ClFN2O10P2/c1-12(13,7-17)10(16-4-3-9(18)15-11(16)19)25-8(5-14)6-24-28(22,23)26-27(2,20)21/h3-4,8,10,17H,5-7H2,1-2H3,(H,20,21)(H,22,23)(H,15,18,19). The Balaban J connectivity index is 3.06. The van der Waals surface area contributed by atoms with Crippen molar-refractivity contribution in [3.8, 4) is 0 Å². The van der Waals surface area contributed by atoms with Crippen LogP contribution in [0, 0.1) is 0 Å². The van der Waals surface area contributed by atoms with Crippen LogP contribution < -0.4 is 11.2 Å². The fourth-order valence-corrected chi connectivity index (χ4v) is 4.11. The maximum Gasteiger partial charge on any atom is 0.479 e. The molecule has 28 heavy (non-hydrogen) atoms. The molecule has 0 bridgehead atoms. The quantitative estimate of drug-likeness (QED) is 0.261. The van der Waals surface area contributed by atoms with Crippen molar-refractivity contribution in [2.75, 3.05) is 26.6 Å². The number of halogens is 2.